The summed E-state index contributed by atoms with van der Waals surface area (Å²) < 4.78 is 27.1. The minimum atomic E-state index is -2.33. The maximum atomic E-state index is 12.2. The van der Waals surface area contributed by atoms with E-state index in [1.807, 2.05) is 0 Å². The zero-order valence-electron chi connectivity index (χ0n) is 16.9. The van der Waals surface area contributed by atoms with Gasteiger partial charge in [-0.05, 0) is 0 Å². The van der Waals surface area contributed by atoms with E-state index < -0.39 is 6.83 Å². The Morgan fingerprint density at radius 3 is 1.48 bits per heavy atom. The summed E-state index contributed by atoms with van der Waals surface area (Å²) in [7, 11) is 1.64. The van der Waals surface area contributed by atoms with E-state index in [0.717, 1.165) is 24.6 Å². The van der Waals surface area contributed by atoms with Gasteiger partial charge in [-0.25, -0.2) is 0 Å². The molecule has 0 N–H and O–H groups in total. The predicted molar refractivity (Wildman–Crippen MR) is 104 cm³/mol. The molecule has 0 unspecified atom stereocenters. The molecule has 0 aliphatic rings. The smallest absolute Gasteiger partial charge is 0.382 e. The quantitative estimate of drug-likeness (QED) is 0.284. The fourth-order valence-electron chi connectivity index (χ4n) is 2.77. The molecule has 0 saturated carbocycles. The third kappa shape index (κ3) is 9.30. The first-order chi connectivity index (χ1) is 12.0. The number of hydrogen-bond donors (Lipinski definition) is 0. The minimum absolute atomic E-state index is 0.127. The van der Waals surface area contributed by atoms with Crippen molar-refractivity contribution in [3.63, 3.8) is 0 Å². The molecule has 7 heteroatoms. The van der Waals surface area contributed by atoms with E-state index in [-0.39, 0.29) is 5.97 Å². The maximum absolute atomic E-state index is 12.2. The van der Waals surface area contributed by atoms with Gasteiger partial charge < -0.3 is 4.74 Å². The summed E-state index contributed by atoms with van der Waals surface area (Å²) in [6, 6.07) is 0. The molecule has 0 radical (unpaired) electrons. The molecule has 0 bridgehead atoms. The summed E-state index contributed by atoms with van der Waals surface area (Å²) in [5.41, 5.74) is 0. The van der Waals surface area contributed by atoms with Gasteiger partial charge in [-0.1, -0.05) is 0 Å². The molecule has 0 atom stereocenters. The van der Waals surface area contributed by atoms with Crippen LogP contribution in [0.4, 0.5) is 0 Å². The molecule has 0 amide bonds. The topological polar surface area (TPSA) is 63.2 Å². The molecule has 6 nitrogen and oxygen atoms in total. The first kappa shape index (κ1) is 24.7. The van der Waals surface area contributed by atoms with Crippen LogP contribution in [0.5, 0.6) is 0 Å². The van der Waals surface area contributed by atoms with Gasteiger partial charge in [-0.3, -0.25) is 0 Å². The average Bonchev–Trinajstić information content (AvgIpc) is 2.65. The van der Waals surface area contributed by atoms with Crippen LogP contribution < -0.4 is 0 Å². The summed E-state index contributed by atoms with van der Waals surface area (Å²) in [4.78, 5) is 12.2. The standard InChI is InChI=1S/C18H39O6P/c1-6-25(7-2,8-3,9-4)24-18(19)10-11-21-14-15-23-17-16-22-13-12-20-5/h6-17H2,1-5H3. The van der Waals surface area contributed by atoms with Crippen LogP contribution >= 0.6 is 6.83 Å². The normalized spacial score (nSPS) is 13.4. The van der Waals surface area contributed by atoms with Crippen molar-refractivity contribution >= 4 is 12.8 Å². The summed E-state index contributed by atoms with van der Waals surface area (Å²) >= 11 is 0. The molecule has 0 aliphatic carbocycles. The van der Waals surface area contributed by atoms with Crippen molar-refractivity contribution in [2.75, 3.05) is 78.0 Å². The third-order valence-corrected chi connectivity index (χ3v) is 12.3. The van der Waals surface area contributed by atoms with Crippen LogP contribution in [0.3, 0.4) is 0 Å². The summed E-state index contributed by atoms with van der Waals surface area (Å²) in [5, 5.41) is 0. The zero-order valence-corrected chi connectivity index (χ0v) is 17.8. The second-order valence-electron chi connectivity index (χ2n) is 6.17. The second-order valence-corrected chi connectivity index (χ2v) is 12.6. The van der Waals surface area contributed by atoms with Crippen molar-refractivity contribution < 1.29 is 28.3 Å². The number of carbonyl (C=O) groups is 1. The number of ether oxygens (including phenoxy) is 4. The molecule has 0 saturated heterocycles. The molecule has 0 aromatic heterocycles. The van der Waals surface area contributed by atoms with E-state index in [1.165, 1.54) is 0 Å². The Morgan fingerprint density at radius 2 is 1.08 bits per heavy atom. The minimum Gasteiger partial charge on any atom is -0.382 e. The van der Waals surface area contributed by atoms with Gasteiger partial charge in [0.1, 0.15) is 0 Å². The van der Waals surface area contributed by atoms with Gasteiger partial charge in [0.15, 0.2) is 0 Å². The summed E-state index contributed by atoms with van der Waals surface area (Å²) in [5.74, 6) is -0.127. The molecule has 0 aromatic rings. The molecule has 0 fully saturated rings. The van der Waals surface area contributed by atoms with Crippen LogP contribution in [0, 0.1) is 0 Å². The molecule has 0 rings (SSSR count). The van der Waals surface area contributed by atoms with Crippen LogP contribution in [0.2, 0.25) is 0 Å². The summed E-state index contributed by atoms with van der Waals surface area (Å²) in [6.07, 6.45) is 4.14. The number of carbonyl (C=O) groups excluding carboxylic acids is 1. The van der Waals surface area contributed by atoms with E-state index in [0.29, 0.717) is 52.7 Å². The van der Waals surface area contributed by atoms with E-state index in [2.05, 4.69) is 27.7 Å². The number of hydrogen-bond acceptors (Lipinski definition) is 6. The second kappa shape index (κ2) is 13.9. The van der Waals surface area contributed by atoms with E-state index in [4.69, 9.17) is 23.5 Å². The number of methoxy groups -OCH3 is 1. The van der Waals surface area contributed by atoms with Crippen molar-refractivity contribution in [2.24, 2.45) is 0 Å². The Kier molecular flexibility index (Phi) is 13.7. The zero-order chi connectivity index (χ0) is 19.0. The van der Waals surface area contributed by atoms with Gasteiger partial charge in [0.25, 0.3) is 0 Å². The molecular weight excluding hydrogens is 343 g/mol. The fraction of sp³-hybridized carbons (Fsp3) is 0.944. The van der Waals surface area contributed by atoms with Crippen LogP contribution in [0.15, 0.2) is 0 Å². The average molecular weight is 382 g/mol. The molecule has 152 valence electrons. The van der Waals surface area contributed by atoms with Crippen LogP contribution in [0.1, 0.15) is 34.1 Å². The van der Waals surface area contributed by atoms with Crippen molar-refractivity contribution in [2.45, 2.75) is 34.1 Å². The van der Waals surface area contributed by atoms with Crippen LogP contribution in [-0.4, -0.2) is 84.0 Å². The van der Waals surface area contributed by atoms with E-state index >= 15 is 0 Å². The predicted octanol–water partition coefficient (Wildman–Crippen LogP) is 3.16. The van der Waals surface area contributed by atoms with E-state index in [1.54, 1.807) is 7.11 Å². The molecule has 0 aromatic carbocycles. The Bertz CT molecular complexity index is 323. The van der Waals surface area contributed by atoms with Crippen LogP contribution in [0.25, 0.3) is 0 Å². The summed E-state index contributed by atoms with van der Waals surface area (Å²) in [6.45, 7) is 9.84. The van der Waals surface area contributed by atoms with Gasteiger partial charge in [-0.2, -0.15) is 0 Å². The third-order valence-electron chi connectivity index (χ3n) is 5.19. The van der Waals surface area contributed by atoms with Crippen molar-refractivity contribution in [1.82, 2.24) is 0 Å². The Balaban J connectivity index is 3.80. The van der Waals surface area contributed by atoms with Gasteiger partial charge in [0.2, 0.25) is 0 Å². The van der Waals surface area contributed by atoms with Crippen molar-refractivity contribution in [3.05, 3.63) is 0 Å². The molecule has 0 spiro atoms. The van der Waals surface area contributed by atoms with Crippen molar-refractivity contribution in [1.29, 1.82) is 0 Å². The Hall–Kier alpha value is -0.260. The molecule has 0 heterocycles. The van der Waals surface area contributed by atoms with Gasteiger partial charge >= 0.3 is 135 Å². The SMILES string of the molecule is CCP(CC)(CC)(CC)OC(=O)CCOCCOCCOCCOC. The van der Waals surface area contributed by atoms with E-state index in [9.17, 15) is 4.79 Å². The Labute approximate surface area is 153 Å². The molecule has 0 aliphatic heterocycles. The van der Waals surface area contributed by atoms with Crippen molar-refractivity contribution in [3.8, 4) is 0 Å². The fourth-order valence-corrected chi connectivity index (χ4v) is 6.64. The van der Waals surface area contributed by atoms with Crippen LogP contribution in [-0.2, 0) is 28.3 Å². The number of rotatable bonds is 17. The first-order valence-electron chi connectivity index (χ1n) is 9.47. The van der Waals surface area contributed by atoms with Gasteiger partial charge in [0, 0.05) is 7.11 Å². The molecular formula is C18H39O6P. The molecule has 25 heavy (non-hydrogen) atoms. The first-order valence-corrected chi connectivity index (χ1v) is 12.4. The monoisotopic (exact) mass is 382 g/mol. The van der Waals surface area contributed by atoms with Gasteiger partial charge in [-0.15, -0.1) is 0 Å². The Morgan fingerprint density at radius 1 is 0.680 bits per heavy atom. The van der Waals surface area contributed by atoms with Gasteiger partial charge in [0.05, 0.1) is 6.61 Å².